The highest BCUT2D eigenvalue weighted by atomic mass is 32.2. The molecule has 2 aromatic rings. The van der Waals surface area contributed by atoms with E-state index < -0.39 is 30.2 Å². The second kappa shape index (κ2) is 10.1. The number of ether oxygens (including phenoxy) is 1. The van der Waals surface area contributed by atoms with E-state index in [1.807, 2.05) is 6.07 Å². The largest absolute Gasteiger partial charge is 0.449 e. The third kappa shape index (κ3) is 6.22. The summed E-state index contributed by atoms with van der Waals surface area (Å²) in [6.07, 6.45) is 0.330. The molecule has 2 heterocycles. The minimum Gasteiger partial charge on any atom is -0.449 e. The highest BCUT2D eigenvalue weighted by molar-refractivity contribution is 7.91. The van der Waals surface area contributed by atoms with Gasteiger partial charge in [-0.3, -0.25) is 0 Å². The topological polar surface area (TPSA) is 117 Å². The molecule has 0 radical (unpaired) electrons. The van der Waals surface area contributed by atoms with Gasteiger partial charge in [-0.1, -0.05) is 51.0 Å². The van der Waals surface area contributed by atoms with Crippen molar-refractivity contribution in [2.75, 3.05) is 25.4 Å². The third-order valence-corrected chi connectivity index (χ3v) is 12.7. The van der Waals surface area contributed by atoms with Crippen LogP contribution in [-0.2, 0) is 19.0 Å². The number of nitrogens with zero attached hydrogens (tertiary/aromatic N) is 5. The zero-order valence-corrected chi connectivity index (χ0v) is 22.6. The fourth-order valence-electron chi connectivity index (χ4n) is 3.49. The molecule has 188 valence electrons. The molecule has 1 fully saturated rings. The number of carbonyl (C=O) groups excluding carboxylic acids is 1. The standard InChI is InChI=1S/C22H35N5O5SSi/c1-17(16-33(29,30)20-23-24-25-27(20)18-10-8-7-9-11-18)15-31-21(28)26-13-12-19(14-26)32-34(5,6)22(2,3)4/h7-11,17,19H,12-16H2,1-6H3. The number of likely N-dealkylation sites (tertiary alicyclic amines) is 1. The Balaban J connectivity index is 1.52. The molecule has 1 aromatic heterocycles. The van der Waals surface area contributed by atoms with E-state index in [0.717, 1.165) is 6.42 Å². The van der Waals surface area contributed by atoms with E-state index in [-0.39, 0.29) is 28.7 Å². The number of hydrogen-bond donors (Lipinski definition) is 0. The lowest BCUT2D eigenvalue weighted by Crippen LogP contribution is -2.44. The minimum absolute atomic E-state index is 0.00286. The van der Waals surface area contributed by atoms with Crippen molar-refractivity contribution in [1.29, 1.82) is 0 Å². The molecule has 10 nitrogen and oxygen atoms in total. The van der Waals surface area contributed by atoms with E-state index in [9.17, 15) is 13.2 Å². The molecule has 1 aliphatic rings. The Labute approximate surface area is 202 Å². The molecule has 1 amide bonds. The van der Waals surface area contributed by atoms with E-state index in [4.69, 9.17) is 9.16 Å². The van der Waals surface area contributed by atoms with Crippen LogP contribution in [0.5, 0.6) is 0 Å². The Kier molecular flexibility index (Phi) is 7.83. The monoisotopic (exact) mass is 509 g/mol. The number of benzene rings is 1. The number of rotatable bonds is 8. The first-order valence-corrected chi connectivity index (χ1v) is 16.0. The molecule has 1 aliphatic heterocycles. The van der Waals surface area contributed by atoms with Gasteiger partial charge in [0.15, 0.2) is 8.32 Å². The highest BCUT2D eigenvalue weighted by Gasteiger charge is 2.41. The van der Waals surface area contributed by atoms with Gasteiger partial charge in [-0.15, -0.1) is 0 Å². The van der Waals surface area contributed by atoms with Gasteiger partial charge in [-0.05, 0) is 47.1 Å². The van der Waals surface area contributed by atoms with Gasteiger partial charge in [0.25, 0.3) is 5.16 Å². The lowest BCUT2D eigenvalue weighted by molar-refractivity contribution is 0.0942. The molecule has 12 heteroatoms. The van der Waals surface area contributed by atoms with Crippen molar-refractivity contribution in [3.8, 4) is 5.69 Å². The second-order valence-corrected chi connectivity index (χ2v) is 17.1. The van der Waals surface area contributed by atoms with Crippen LogP contribution in [0, 0.1) is 5.92 Å². The number of aromatic nitrogens is 4. The summed E-state index contributed by atoms with van der Waals surface area (Å²) < 4.78 is 38.9. The summed E-state index contributed by atoms with van der Waals surface area (Å²) in [5, 5.41) is 10.9. The molecule has 3 rings (SSSR count). The fourth-order valence-corrected chi connectivity index (χ4v) is 6.43. The first-order valence-electron chi connectivity index (χ1n) is 11.5. The summed E-state index contributed by atoms with van der Waals surface area (Å²) in [6.45, 7) is 13.7. The number of tetrazole rings is 1. The average Bonchev–Trinajstić information content (AvgIpc) is 3.41. The molecular formula is C22H35N5O5SSi. The predicted octanol–water partition coefficient (Wildman–Crippen LogP) is 3.30. The molecule has 0 bridgehead atoms. The molecule has 2 atom stereocenters. The van der Waals surface area contributed by atoms with Crippen molar-refractivity contribution in [1.82, 2.24) is 25.1 Å². The van der Waals surface area contributed by atoms with E-state index in [1.165, 1.54) is 4.68 Å². The molecule has 0 saturated carbocycles. The Morgan fingerprint density at radius 1 is 1.24 bits per heavy atom. The van der Waals surface area contributed by atoms with Crippen LogP contribution >= 0.6 is 0 Å². The van der Waals surface area contributed by atoms with Gasteiger partial charge in [0.2, 0.25) is 9.84 Å². The summed E-state index contributed by atoms with van der Waals surface area (Å²) >= 11 is 0. The quantitative estimate of drug-likeness (QED) is 0.498. The van der Waals surface area contributed by atoms with Crippen LogP contribution in [0.1, 0.15) is 34.1 Å². The number of amides is 1. The third-order valence-electron chi connectivity index (χ3n) is 6.39. The van der Waals surface area contributed by atoms with E-state index in [0.29, 0.717) is 18.8 Å². The Bertz CT molecular complexity index is 1080. The summed E-state index contributed by atoms with van der Waals surface area (Å²) in [5.74, 6) is -0.679. The second-order valence-electron chi connectivity index (χ2n) is 10.4. The van der Waals surface area contributed by atoms with Crippen LogP contribution < -0.4 is 0 Å². The lowest BCUT2D eigenvalue weighted by Gasteiger charge is -2.38. The van der Waals surface area contributed by atoms with Crippen LogP contribution in [0.25, 0.3) is 5.69 Å². The van der Waals surface area contributed by atoms with Gasteiger partial charge in [0.05, 0.1) is 24.2 Å². The van der Waals surface area contributed by atoms with E-state index in [1.54, 1.807) is 36.1 Å². The molecule has 1 aromatic carbocycles. The van der Waals surface area contributed by atoms with Crippen LogP contribution in [0.4, 0.5) is 4.79 Å². The summed E-state index contributed by atoms with van der Waals surface area (Å²) in [7, 11) is -5.72. The summed E-state index contributed by atoms with van der Waals surface area (Å²) in [5.41, 5.74) is 0.550. The van der Waals surface area contributed by atoms with E-state index in [2.05, 4.69) is 49.4 Å². The lowest BCUT2D eigenvalue weighted by atomic mass is 10.2. The maximum absolute atomic E-state index is 12.9. The number of para-hydroxylation sites is 1. The maximum Gasteiger partial charge on any atom is 0.409 e. The zero-order chi connectivity index (χ0) is 25.1. The maximum atomic E-state index is 12.9. The first kappa shape index (κ1) is 26.3. The molecule has 1 saturated heterocycles. The van der Waals surface area contributed by atoms with Gasteiger partial charge >= 0.3 is 6.09 Å². The SMILES string of the molecule is CC(COC(=O)N1CCC(O[Si](C)(C)C(C)(C)C)C1)CS(=O)(=O)c1nnnn1-c1ccccc1. The molecule has 0 spiro atoms. The van der Waals surface area contributed by atoms with Gasteiger partial charge < -0.3 is 14.1 Å². The van der Waals surface area contributed by atoms with Crippen LogP contribution in [0.15, 0.2) is 35.5 Å². The van der Waals surface area contributed by atoms with Crippen molar-refractivity contribution < 1.29 is 22.4 Å². The molecule has 34 heavy (non-hydrogen) atoms. The van der Waals surface area contributed by atoms with Crippen molar-refractivity contribution in [2.24, 2.45) is 5.92 Å². The molecule has 0 N–H and O–H groups in total. The number of carbonyl (C=O) groups is 1. The zero-order valence-electron chi connectivity index (χ0n) is 20.8. The van der Waals surface area contributed by atoms with Crippen molar-refractivity contribution in [3.63, 3.8) is 0 Å². The minimum atomic E-state index is -3.80. The smallest absolute Gasteiger partial charge is 0.409 e. The van der Waals surface area contributed by atoms with Gasteiger partial charge in [0, 0.05) is 19.0 Å². The number of hydrogen-bond acceptors (Lipinski definition) is 8. The summed E-state index contributed by atoms with van der Waals surface area (Å²) in [6, 6.07) is 8.81. The Morgan fingerprint density at radius 3 is 2.56 bits per heavy atom. The van der Waals surface area contributed by atoms with Crippen molar-refractivity contribution in [3.05, 3.63) is 30.3 Å². The van der Waals surface area contributed by atoms with Gasteiger partial charge in [-0.2, -0.15) is 4.68 Å². The predicted molar refractivity (Wildman–Crippen MR) is 130 cm³/mol. The fraction of sp³-hybridized carbons (Fsp3) is 0.636. The molecule has 2 unspecified atom stereocenters. The Morgan fingerprint density at radius 2 is 1.91 bits per heavy atom. The number of sulfone groups is 1. The normalized spacial score (nSPS) is 18.2. The molecule has 0 aliphatic carbocycles. The highest BCUT2D eigenvalue weighted by Crippen LogP contribution is 2.38. The molecular weight excluding hydrogens is 474 g/mol. The van der Waals surface area contributed by atoms with E-state index >= 15 is 0 Å². The first-order chi connectivity index (χ1) is 15.8. The van der Waals surface area contributed by atoms with Gasteiger partial charge in [-0.25, -0.2) is 13.2 Å². The van der Waals surface area contributed by atoms with Crippen molar-refractivity contribution in [2.45, 2.75) is 63.5 Å². The van der Waals surface area contributed by atoms with Crippen LogP contribution in [0.2, 0.25) is 18.1 Å². The average molecular weight is 510 g/mol. The summed E-state index contributed by atoms with van der Waals surface area (Å²) in [4.78, 5) is 14.2. The Hall–Kier alpha value is -2.31. The van der Waals surface area contributed by atoms with Gasteiger partial charge in [0.1, 0.15) is 0 Å². The van der Waals surface area contributed by atoms with Crippen LogP contribution in [-0.4, -0.2) is 79.5 Å². The van der Waals surface area contributed by atoms with Crippen LogP contribution in [0.3, 0.4) is 0 Å². The van der Waals surface area contributed by atoms with Crippen molar-refractivity contribution >= 4 is 24.2 Å².